The molecule has 0 spiro atoms. The number of fused-ring (bicyclic) bond motifs is 1. The van der Waals surface area contributed by atoms with E-state index in [-0.39, 0.29) is 28.9 Å². The van der Waals surface area contributed by atoms with Gasteiger partial charge in [-0.2, -0.15) is 0 Å². The largest absolute Gasteiger partial charge is 0.375 e. The first-order valence-corrected chi connectivity index (χ1v) is 9.46. The Balaban J connectivity index is 1.68. The van der Waals surface area contributed by atoms with E-state index in [9.17, 15) is 29.2 Å². The normalized spacial score (nSPS) is 17.5. The van der Waals surface area contributed by atoms with Crippen LogP contribution in [-0.4, -0.2) is 21.7 Å². The molecule has 0 fully saturated rings. The highest BCUT2D eigenvalue weighted by Gasteiger charge is 2.50. The van der Waals surface area contributed by atoms with Gasteiger partial charge < -0.3 is 10.0 Å². The average Bonchev–Trinajstić information content (AvgIpc) is 2.97. The molecule has 1 amide bonds. The van der Waals surface area contributed by atoms with E-state index in [2.05, 4.69) is 0 Å². The standard InChI is InChI=1S/C23H17FN2O5/c24-19-10-3-1-6-16(19)14-25-20-11-4-2-9-18(20)23(29,22(25)28)13-21(27)15-7-5-8-17(12-15)26(30)31/h1-12,29H,13-14H2. The summed E-state index contributed by atoms with van der Waals surface area (Å²) in [6, 6.07) is 17.6. The zero-order chi connectivity index (χ0) is 22.2. The second-order valence-corrected chi connectivity index (χ2v) is 7.27. The second-order valence-electron chi connectivity index (χ2n) is 7.27. The van der Waals surface area contributed by atoms with E-state index in [0.717, 1.165) is 6.07 Å². The van der Waals surface area contributed by atoms with E-state index >= 15 is 0 Å². The lowest BCUT2D eigenvalue weighted by atomic mass is 9.88. The van der Waals surface area contributed by atoms with Crippen molar-refractivity contribution in [3.05, 3.63) is 105 Å². The molecule has 1 atom stereocenters. The van der Waals surface area contributed by atoms with Crippen LogP contribution in [0.2, 0.25) is 0 Å². The fraction of sp³-hybridized carbons (Fsp3) is 0.130. The van der Waals surface area contributed by atoms with Gasteiger partial charge in [0, 0.05) is 28.8 Å². The summed E-state index contributed by atoms with van der Waals surface area (Å²) in [5, 5.41) is 22.3. The summed E-state index contributed by atoms with van der Waals surface area (Å²) in [5.41, 5.74) is -1.54. The first kappa shape index (κ1) is 20.4. The number of carbonyl (C=O) groups excluding carboxylic acids is 2. The van der Waals surface area contributed by atoms with Crippen LogP contribution in [0.5, 0.6) is 0 Å². The molecule has 156 valence electrons. The maximum Gasteiger partial charge on any atom is 0.270 e. The number of nitrogens with zero attached hydrogens (tertiary/aromatic N) is 2. The number of aliphatic hydroxyl groups is 1. The van der Waals surface area contributed by atoms with Crippen molar-refractivity contribution in [2.45, 2.75) is 18.6 Å². The lowest BCUT2D eigenvalue weighted by Gasteiger charge is -2.23. The Bertz CT molecular complexity index is 1210. The summed E-state index contributed by atoms with van der Waals surface area (Å²) < 4.78 is 14.2. The van der Waals surface area contributed by atoms with Crippen LogP contribution in [0.4, 0.5) is 15.8 Å². The Kier molecular flexibility index (Phi) is 5.08. The molecule has 1 heterocycles. The molecule has 0 radical (unpaired) electrons. The van der Waals surface area contributed by atoms with Crippen LogP contribution in [0.3, 0.4) is 0 Å². The van der Waals surface area contributed by atoms with Crippen molar-refractivity contribution in [1.82, 2.24) is 0 Å². The minimum absolute atomic E-state index is 0.0143. The summed E-state index contributed by atoms with van der Waals surface area (Å²) in [6.45, 7) is -0.115. The van der Waals surface area contributed by atoms with Gasteiger partial charge in [-0.3, -0.25) is 19.7 Å². The van der Waals surface area contributed by atoms with Gasteiger partial charge in [0.1, 0.15) is 5.82 Å². The van der Waals surface area contributed by atoms with E-state index in [1.165, 1.54) is 47.4 Å². The summed E-state index contributed by atoms with van der Waals surface area (Å²) in [6.07, 6.45) is -0.599. The highest BCUT2D eigenvalue weighted by Crippen LogP contribution is 2.43. The zero-order valence-corrected chi connectivity index (χ0v) is 16.2. The molecule has 3 aromatic rings. The fourth-order valence-electron chi connectivity index (χ4n) is 3.76. The number of ketones is 1. The topological polar surface area (TPSA) is 101 Å². The van der Waals surface area contributed by atoms with Crippen LogP contribution in [0, 0.1) is 15.9 Å². The van der Waals surface area contributed by atoms with Gasteiger partial charge in [-0.05, 0) is 12.1 Å². The van der Waals surface area contributed by atoms with Crippen LogP contribution in [0.15, 0.2) is 72.8 Å². The van der Waals surface area contributed by atoms with Gasteiger partial charge in [0.15, 0.2) is 11.4 Å². The van der Waals surface area contributed by atoms with Crippen molar-refractivity contribution in [2.24, 2.45) is 0 Å². The number of nitro benzene ring substituents is 1. The summed E-state index contributed by atoms with van der Waals surface area (Å²) in [4.78, 5) is 37.7. The molecule has 31 heavy (non-hydrogen) atoms. The number of amides is 1. The molecule has 1 aliphatic rings. The van der Waals surface area contributed by atoms with Crippen molar-refractivity contribution < 1.29 is 24.0 Å². The van der Waals surface area contributed by atoms with Gasteiger partial charge in [-0.25, -0.2) is 4.39 Å². The van der Waals surface area contributed by atoms with E-state index < -0.39 is 34.5 Å². The highest BCUT2D eigenvalue weighted by molar-refractivity contribution is 6.10. The van der Waals surface area contributed by atoms with Crippen molar-refractivity contribution >= 4 is 23.1 Å². The number of hydrogen-bond acceptors (Lipinski definition) is 5. The summed E-state index contributed by atoms with van der Waals surface area (Å²) in [5.74, 6) is -1.87. The van der Waals surface area contributed by atoms with Gasteiger partial charge in [0.2, 0.25) is 0 Å². The number of carbonyl (C=O) groups is 2. The number of non-ortho nitro benzene ring substituents is 1. The van der Waals surface area contributed by atoms with Crippen molar-refractivity contribution in [3.8, 4) is 0 Å². The Morgan fingerprint density at radius 1 is 1.06 bits per heavy atom. The fourth-order valence-corrected chi connectivity index (χ4v) is 3.76. The molecule has 0 aliphatic carbocycles. The number of hydrogen-bond donors (Lipinski definition) is 1. The molecule has 8 heteroatoms. The predicted octanol–water partition coefficient (Wildman–Crippen LogP) is 3.74. The number of halogens is 1. The van der Waals surface area contributed by atoms with Crippen LogP contribution >= 0.6 is 0 Å². The van der Waals surface area contributed by atoms with Crippen molar-refractivity contribution in [3.63, 3.8) is 0 Å². The summed E-state index contributed by atoms with van der Waals surface area (Å²) in [7, 11) is 0. The van der Waals surface area contributed by atoms with E-state index in [0.29, 0.717) is 5.69 Å². The highest BCUT2D eigenvalue weighted by atomic mass is 19.1. The van der Waals surface area contributed by atoms with Crippen molar-refractivity contribution in [1.29, 1.82) is 0 Å². The molecule has 1 unspecified atom stereocenters. The molecule has 0 aromatic heterocycles. The molecule has 0 bridgehead atoms. The van der Waals surface area contributed by atoms with Gasteiger partial charge in [0.25, 0.3) is 11.6 Å². The maximum atomic E-state index is 14.2. The number of rotatable bonds is 6. The van der Waals surface area contributed by atoms with Gasteiger partial charge in [-0.1, -0.05) is 48.5 Å². The van der Waals surface area contributed by atoms with Gasteiger partial charge >= 0.3 is 0 Å². The number of nitro groups is 1. The maximum absolute atomic E-state index is 14.2. The lowest BCUT2D eigenvalue weighted by molar-refractivity contribution is -0.384. The molecular formula is C23H17FN2O5. The summed E-state index contributed by atoms with van der Waals surface area (Å²) >= 11 is 0. The van der Waals surface area contributed by atoms with E-state index in [4.69, 9.17) is 0 Å². The molecule has 3 aromatic carbocycles. The molecule has 4 rings (SSSR count). The second kappa shape index (κ2) is 7.73. The van der Waals surface area contributed by atoms with Gasteiger partial charge in [0.05, 0.1) is 23.6 Å². The first-order valence-electron chi connectivity index (χ1n) is 9.46. The van der Waals surface area contributed by atoms with Crippen LogP contribution in [0.1, 0.15) is 27.9 Å². The average molecular weight is 420 g/mol. The Morgan fingerprint density at radius 3 is 2.52 bits per heavy atom. The smallest absolute Gasteiger partial charge is 0.270 e. The third-order valence-electron chi connectivity index (χ3n) is 5.32. The number of anilines is 1. The molecule has 7 nitrogen and oxygen atoms in total. The number of benzene rings is 3. The Labute approximate surface area is 176 Å². The van der Waals surface area contributed by atoms with Crippen LogP contribution in [-0.2, 0) is 16.9 Å². The molecule has 1 aliphatic heterocycles. The zero-order valence-electron chi connectivity index (χ0n) is 16.2. The Morgan fingerprint density at radius 2 is 1.77 bits per heavy atom. The number of para-hydroxylation sites is 1. The van der Waals surface area contributed by atoms with Gasteiger partial charge in [-0.15, -0.1) is 0 Å². The Hall–Kier alpha value is -3.91. The van der Waals surface area contributed by atoms with E-state index in [1.54, 1.807) is 24.3 Å². The first-order chi connectivity index (χ1) is 14.8. The third kappa shape index (κ3) is 3.57. The van der Waals surface area contributed by atoms with Crippen LogP contribution < -0.4 is 4.90 Å². The SMILES string of the molecule is O=C(CC1(O)C(=O)N(Cc2ccccc2F)c2ccccc21)c1cccc([N+](=O)[O-])c1. The minimum Gasteiger partial charge on any atom is -0.375 e. The molecule has 1 N–H and O–H groups in total. The molecular weight excluding hydrogens is 403 g/mol. The molecule has 0 saturated carbocycles. The third-order valence-corrected chi connectivity index (χ3v) is 5.32. The number of Topliss-reactive ketones (excluding diaryl/α,β-unsaturated/α-hetero) is 1. The predicted molar refractivity (Wildman–Crippen MR) is 110 cm³/mol. The minimum atomic E-state index is -2.16. The van der Waals surface area contributed by atoms with Crippen LogP contribution in [0.25, 0.3) is 0 Å². The van der Waals surface area contributed by atoms with E-state index in [1.807, 2.05) is 0 Å². The van der Waals surface area contributed by atoms with Crippen molar-refractivity contribution in [2.75, 3.05) is 4.90 Å². The quantitative estimate of drug-likeness (QED) is 0.372. The monoisotopic (exact) mass is 420 g/mol. The lowest BCUT2D eigenvalue weighted by Crippen LogP contribution is -2.41. The molecule has 0 saturated heterocycles.